The molecular formula is C15H23N3O. The van der Waals surface area contributed by atoms with Crippen LogP contribution in [0, 0.1) is 0 Å². The fourth-order valence-electron chi connectivity index (χ4n) is 3.06. The molecule has 1 saturated heterocycles. The number of hydrogen-bond donors (Lipinski definition) is 1. The summed E-state index contributed by atoms with van der Waals surface area (Å²) >= 11 is 0. The van der Waals surface area contributed by atoms with Crippen LogP contribution in [0.4, 0.5) is 5.69 Å². The second-order valence-corrected chi connectivity index (χ2v) is 5.65. The van der Waals surface area contributed by atoms with Gasteiger partial charge < -0.3 is 10.5 Å². The summed E-state index contributed by atoms with van der Waals surface area (Å²) in [6.07, 6.45) is 0. The lowest BCUT2D eigenvalue weighted by Gasteiger charge is -2.32. The molecule has 2 aliphatic heterocycles. The number of hydrogen-bond acceptors (Lipinski definition) is 4. The van der Waals surface area contributed by atoms with Gasteiger partial charge in [0.25, 0.3) is 0 Å². The van der Waals surface area contributed by atoms with Gasteiger partial charge in [0.2, 0.25) is 0 Å². The van der Waals surface area contributed by atoms with Crippen molar-refractivity contribution in [3.05, 3.63) is 29.3 Å². The molecule has 0 aliphatic carbocycles. The predicted molar refractivity (Wildman–Crippen MR) is 76.8 cm³/mol. The van der Waals surface area contributed by atoms with Gasteiger partial charge in [-0.2, -0.15) is 0 Å². The Hall–Kier alpha value is -1.10. The highest BCUT2D eigenvalue weighted by molar-refractivity contribution is 5.52. The Morgan fingerprint density at radius 1 is 1.26 bits per heavy atom. The van der Waals surface area contributed by atoms with E-state index in [2.05, 4.69) is 28.9 Å². The smallest absolute Gasteiger partial charge is 0.0594 e. The summed E-state index contributed by atoms with van der Waals surface area (Å²) in [4.78, 5) is 5.02. The second kappa shape index (κ2) is 5.49. The maximum atomic E-state index is 6.06. The first kappa shape index (κ1) is 12.9. The number of morpholine rings is 1. The minimum Gasteiger partial charge on any atom is -0.398 e. The van der Waals surface area contributed by atoms with Gasteiger partial charge in [-0.15, -0.1) is 0 Å². The average molecular weight is 261 g/mol. The van der Waals surface area contributed by atoms with E-state index in [0.717, 1.165) is 51.6 Å². The molecule has 19 heavy (non-hydrogen) atoms. The van der Waals surface area contributed by atoms with Gasteiger partial charge in [0.05, 0.1) is 13.2 Å². The van der Waals surface area contributed by atoms with Gasteiger partial charge >= 0.3 is 0 Å². The third kappa shape index (κ3) is 2.76. The van der Waals surface area contributed by atoms with Crippen molar-refractivity contribution in [3.8, 4) is 0 Å². The van der Waals surface area contributed by atoms with Crippen molar-refractivity contribution in [1.29, 1.82) is 0 Å². The Labute approximate surface area is 115 Å². The SMILES string of the molecule is CC(CN1CCOCC1)N1Cc2cccc(N)c2C1. The first-order chi connectivity index (χ1) is 9.24. The predicted octanol–water partition coefficient (Wildman–Crippen LogP) is 1.31. The van der Waals surface area contributed by atoms with Gasteiger partial charge in [-0.25, -0.2) is 0 Å². The Kier molecular flexibility index (Phi) is 3.73. The van der Waals surface area contributed by atoms with E-state index in [-0.39, 0.29) is 0 Å². The molecule has 2 heterocycles. The Morgan fingerprint density at radius 2 is 2.05 bits per heavy atom. The normalized spacial score (nSPS) is 22.4. The lowest BCUT2D eigenvalue weighted by atomic mass is 10.1. The molecule has 4 heteroatoms. The molecule has 2 N–H and O–H groups in total. The van der Waals surface area contributed by atoms with Crippen LogP contribution in [-0.2, 0) is 17.8 Å². The molecule has 4 nitrogen and oxygen atoms in total. The Morgan fingerprint density at radius 3 is 2.79 bits per heavy atom. The van der Waals surface area contributed by atoms with Crippen molar-refractivity contribution in [3.63, 3.8) is 0 Å². The molecule has 0 spiro atoms. The zero-order valence-electron chi connectivity index (χ0n) is 11.6. The molecule has 0 aromatic heterocycles. The minimum absolute atomic E-state index is 0.560. The standard InChI is InChI=1S/C15H23N3O/c1-12(9-17-5-7-19-8-6-17)18-10-13-3-2-4-15(16)14(13)11-18/h2-4,12H,5-11,16H2,1H3. The molecule has 3 rings (SSSR count). The molecule has 104 valence electrons. The monoisotopic (exact) mass is 261 g/mol. The fourth-order valence-corrected chi connectivity index (χ4v) is 3.06. The van der Waals surface area contributed by atoms with E-state index in [1.807, 2.05) is 6.07 Å². The maximum absolute atomic E-state index is 6.06. The highest BCUT2D eigenvalue weighted by Gasteiger charge is 2.26. The van der Waals surface area contributed by atoms with Gasteiger partial charge in [0, 0.05) is 44.5 Å². The van der Waals surface area contributed by atoms with Crippen molar-refractivity contribution in [2.45, 2.75) is 26.1 Å². The summed E-state index contributed by atoms with van der Waals surface area (Å²) in [6, 6.07) is 6.83. The van der Waals surface area contributed by atoms with Crippen LogP contribution in [0.15, 0.2) is 18.2 Å². The van der Waals surface area contributed by atoms with E-state index in [0.29, 0.717) is 6.04 Å². The maximum Gasteiger partial charge on any atom is 0.0594 e. The molecule has 1 unspecified atom stereocenters. The summed E-state index contributed by atoms with van der Waals surface area (Å²) in [6.45, 7) is 9.34. The van der Waals surface area contributed by atoms with Gasteiger partial charge in [-0.1, -0.05) is 12.1 Å². The molecular weight excluding hydrogens is 238 g/mol. The molecule has 0 bridgehead atoms. The van der Waals surface area contributed by atoms with Crippen LogP contribution >= 0.6 is 0 Å². The number of rotatable bonds is 3. The summed E-state index contributed by atoms with van der Waals surface area (Å²) in [5.41, 5.74) is 9.74. The largest absolute Gasteiger partial charge is 0.398 e. The van der Waals surface area contributed by atoms with Crippen molar-refractivity contribution in [2.24, 2.45) is 0 Å². The quantitative estimate of drug-likeness (QED) is 0.833. The zero-order chi connectivity index (χ0) is 13.2. The van der Waals surface area contributed by atoms with Gasteiger partial charge in [-0.3, -0.25) is 9.80 Å². The number of benzene rings is 1. The van der Waals surface area contributed by atoms with Crippen LogP contribution in [0.5, 0.6) is 0 Å². The number of nitrogens with zero attached hydrogens (tertiary/aromatic N) is 2. The molecule has 1 aromatic rings. The van der Waals surface area contributed by atoms with Crippen LogP contribution in [0.25, 0.3) is 0 Å². The zero-order valence-corrected chi connectivity index (χ0v) is 11.6. The average Bonchev–Trinajstić information content (AvgIpc) is 2.85. The molecule has 1 atom stereocenters. The summed E-state index contributed by atoms with van der Waals surface area (Å²) in [5.74, 6) is 0. The number of anilines is 1. The van der Waals surface area contributed by atoms with Gasteiger partial charge in [0.1, 0.15) is 0 Å². The van der Waals surface area contributed by atoms with Crippen molar-refractivity contribution in [2.75, 3.05) is 38.6 Å². The third-order valence-corrected chi connectivity index (χ3v) is 4.29. The van der Waals surface area contributed by atoms with E-state index in [4.69, 9.17) is 10.5 Å². The van der Waals surface area contributed by atoms with Crippen molar-refractivity contribution in [1.82, 2.24) is 9.80 Å². The Bertz CT molecular complexity index is 443. The van der Waals surface area contributed by atoms with E-state index >= 15 is 0 Å². The summed E-state index contributed by atoms with van der Waals surface area (Å²) in [7, 11) is 0. The minimum atomic E-state index is 0.560. The van der Waals surface area contributed by atoms with Crippen molar-refractivity contribution < 1.29 is 4.74 Å². The van der Waals surface area contributed by atoms with Crippen LogP contribution in [0.3, 0.4) is 0 Å². The highest BCUT2D eigenvalue weighted by atomic mass is 16.5. The number of ether oxygens (including phenoxy) is 1. The number of fused-ring (bicyclic) bond motifs is 1. The van der Waals surface area contributed by atoms with E-state index < -0.39 is 0 Å². The molecule has 0 amide bonds. The van der Waals surface area contributed by atoms with Crippen LogP contribution in [-0.4, -0.2) is 48.7 Å². The van der Waals surface area contributed by atoms with Crippen molar-refractivity contribution >= 4 is 5.69 Å². The molecule has 0 saturated carbocycles. The first-order valence-corrected chi connectivity index (χ1v) is 7.14. The summed E-state index contributed by atoms with van der Waals surface area (Å²) < 4.78 is 5.40. The molecule has 0 radical (unpaired) electrons. The fraction of sp³-hybridized carbons (Fsp3) is 0.600. The van der Waals surface area contributed by atoms with Gasteiger partial charge in [-0.05, 0) is 24.1 Å². The van der Waals surface area contributed by atoms with Crippen LogP contribution < -0.4 is 5.73 Å². The van der Waals surface area contributed by atoms with E-state index in [9.17, 15) is 0 Å². The summed E-state index contributed by atoms with van der Waals surface area (Å²) in [5, 5.41) is 0. The lowest BCUT2D eigenvalue weighted by molar-refractivity contribution is 0.0240. The lowest BCUT2D eigenvalue weighted by Crippen LogP contribution is -2.44. The molecule has 1 fully saturated rings. The van der Waals surface area contributed by atoms with Crippen LogP contribution in [0.1, 0.15) is 18.1 Å². The third-order valence-electron chi connectivity index (χ3n) is 4.29. The number of nitrogen functional groups attached to an aromatic ring is 1. The molecule has 1 aromatic carbocycles. The van der Waals surface area contributed by atoms with Gasteiger partial charge in [0.15, 0.2) is 0 Å². The second-order valence-electron chi connectivity index (χ2n) is 5.65. The highest BCUT2D eigenvalue weighted by Crippen LogP contribution is 2.28. The van der Waals surface area contributed by atoms with Crippen LogP contribution in [0.2, 0.25) is 0 Å². The van der Waals surface area contributed by atoms with E-state index in [1.54, 1.807) is 0 Å². The molecule has 2 aliphatic rings. The topological polar surface area (TPSA) is 41.7 Å². The Balaban J connectivity index is 1.60. The first-order valence-electron chi connectivity index (χ1n) is 7.14. The van der Waals surface area contributed by atoms with E-state index in [1.165, 1.54) is 11.1 Å². The number of nitrogens with two attached hydrogens (primary N) is 1.